The lowest BCUT2D eigenvalue weighted by molar-refractivity contribution is 1.23. The molecule has 1 radical (unpaired) electrons. The maximum absolute atomic E-state index is 3.49. The highest BCUT2D eigenvalue weighted by Gasteiger charge is 1.36. The van der Waals surface area contributed by atoms with Gasteiger partial charge in [-0.15, -0.1) is 0 Å². The Balaban J connectivity index is 0. The fraction of sp³-hybridized carbons (Fsp3) is 0.667. The van der Waals surface area contributed by atoms with E-state index in [9.17, 15) is 0 Å². The van der Waals surface area contributed by atoms with Gasteiger partial charge in [0.25, 0.3) is 0 Å². The van der Waals surface area contributed by atoms with Crippen LogP contribution in [0.15, 0.2) is 0 Å². The van der Waals surface area contributed by atoms with Crippen LogP contribution in [0.3, 0.4) is 0 Å². The molecule has 1 heteroatoms. The highest BCUT2D eigenvalue weighted by atomic mass is 27.0. The van der Waals surface area contributed by atoms with E-state index in [-0.39, 0.29) is 17.4 Å². The Hall–Kier alpha value is 0.532. The van der Waals surface area contributed by atoms with Crippen LogP contribution in [0.2, 0.25) is 0 Å². The molecular formula is C3H10Al. The summed E-state index contributed by atoms with van der Waals surface area (Å²) >= 11 is 0. The molecule has 0 N–H and O–H groups in total. The van der Waals surface area contributed by atoms with Crippen LogP contribution >= 0.6 is 0 Å². The van der Waals surface area contributed by atoms with E-state index in [0.717, 1.165) is 6.42 Å². The van der Waals surface area contributed by atoms with Gasteiger partial charge in [0.2, 0.25) is 0 Å². The summed E-state index contributed by atoms with van der Waals surface area (Å²) in [6.07, 6.45) is 1.00. The topological polar surface area (TPSA) is 0 Å². The van der Waals surface area contributed by atoms with E-state index >= 15 is 0 Å². The third kappa shape index (κ3) is 21.0. The maximum Gasteiger partial charge on any atom is 0.187 e. The van der Waals surface area contributed by atoms with Gasteiger partial charge in [0.05, 0.1) is 0 Å². The molecule has 0 aromatic heterocycles. The molecule has 0 fully saturated rings. The van der Waals surface area contributed by atoms with E-state index in [1.54, 1.807) is 0 Å². The van der Waals surface area contributed by atoms with Gasteiger partial charge in [0, 0.05) is 0 Å². The Bertz CT molecular complexity index is 3.25. The Labute approximate surface area is 38.3 Å². The van der Waals surface area contributed by atoms with Crippen molar-refractivity contribution in [3.8, 4) is 0 Å². The zero-order chi connectivity index (χ0) is 2.71. The van der Waals surface area contributed by atoms with Gasteiger partial charge >= 0.3 is 0 Å². The monoisotopic (exact) mass is 73.1 g/mol. The number of rotatable bonds is 0. The molecule has 0 heterocycles. The van der Waals surface area contributed by atoms with Crippen molar-refractivity contribution in [1.29, 1.82) is 0 Å². The molecule has 25 valence electrons. The standard InChI is InChI=1S/C3H7.Al.3H/c1-3-2;;;;/h1,3H2,2H3;;;;. The van der Waals surface area contributed by atoms with E-state index in [4.69, 9.17) is 0 Å². The van der Waals surface area contributed by atoms with Crippen LogP contribution in [0.1, 0.15) is 13.3 Å². The average Bonchev–Trinajstić information content (AvgIpc) is 0.918. The minimum atomic E-state index is 0. The van der Waals surface area contributed by atoms with Crippen LogP contribution in [0.4, 0.5) is 0 Å². The molecule has 0 rings (SSSR count). The molecule has 0 aromatic rings. The highest BCUT2D eigenvalue weighted by Crippen LogP contribution is 1.54. The quantitative estimate of drug-likeness (QED) is 0.355. The summed E-state index contributed by atoms with van der Waals surface area (Å²) in [5.74, 6) is 0. The summed E-state index contributed by atoms with van der Waals surface area (Å²) in [5.41, 5.74) is 0. The summed E-state index contributed by atoms with van der Waals surface area (Å²) in [7, 11) is 0. The van der Waals surface area contributed by atoms with Gasteiger partial charge < -0.3 is 0 Å². The summed E-state index contributed by atoms with van der Waals surface area (Å²) in [6.45, 7) is 5.50. The van der Waals surface area contributed by atoms with E-state index in [0.29, 0.717) is 0 Å². The smallest absolute Gasteiger partial charge is 0.0654 e. The third-order valence-electron chi connectivity index (χ3n) is 0. The van der Waals surface area contributed by atoms with Gasteiger partial charge in [-0.2, -0.15) is 0 Å². The molecule has 0 aliphatic rings. The van der Waals surface area contributed by atoms with Crippen molar-refractivity contribution in [3.05, 3.63) is 6.92 Å². The number of hydrogen-bond acceptors (Lipinski definition) is 0. The van der Waals surface area contributed by atoms with Crippen LogP contribution in [-0.2, 0) is 0 Å². The van der Waals surface area contributed by atoms with Crippen molar-refractivity contribution in [1.82, 2.24) is 0 Å². The molecule has 0 saturated carbocycles. The van der Waals surface area contributed by atoms with Crippen LogP contribution in [0.5, 0.6) is 0 Å². The second-order valence-corrected chi connectivity index (χ2v) is 0.500. The predicted molar refractivity (Wildman–Crippen MR) is 25.6 cm³/mol. The Morgan fingerprint density at radius 1 is 1.75 bits per heavy atom. The zero-order valence-corrected chi connectivity index (χ0v) is 2.41. The molecule has 0 aliphatic carbocycles. The maximum atomic E-state index is 3.49. The minimum Gasteiger partial charge on any atom is -0.0654 e. The first-order valence-corrected chi connectivity index (χ1v) is 1.21. The molecular weight excluding hydrogens is 63.0 g/mol. The fourth-order valence-corrected chi connectivity index (χ4v) is 0. The summed E-state index contributed by atoms with van der Waals surface area (Å²) in [5, 5.41) is 0. The van der Waals surface area contributed by atoms with Crippen LogP contribution in [-0.4, -0.2) is 17.4 Å². The van der Waals surface area contributed by atoms with Crippen molar-refractivity contribution < 1.29 is 0 Å². The third-order valence-corrected chi connectivity index (χ3v) is 0. The van der Waals surface area contributed by atoms with Crippen molar-refractivity contribution in [2.24, 2.45) is 0 Å². The SMILES string of the molecule is [AlH3].[CH2]CC. The molecule has 0 spiro atoms. The second-order valence-electron chi connectivity index (χ2n) is 0.500. The lowest BCUT2D eigenvalue weighted by atomic mass is 10.6. The molecule has 0 amide bonds. The Morgan fingerprint density at radius 2 is 1.75 bits per heavy atom. The Morgan fingerprint density at radius 3 is 1.75 bits per heavy atom. The first kappa shape index (κ1) is 8.82. The van der Waals surface area contributed by atoms with Gasteiger partial charge in [-0.25, -0.2) is 0 Å². The van der Waals surface area contributed by atoms with E-state index in [2.05, 4.69) is 6.92 Å². The molecule has 4 heavy (non-hydrogen) atoms. The fourth-order valence-electron chi connectivity index (χ4n) is 0. The van der Waals surface area contributed by atoms with Gasteiger partial charge in [0.15, 0.2) is 17.4 Å². The van der Waals surface area contributed by atoms with Crippen LogP contribution in [0.25, 0.3) is 0 Å². The van der Waals surface area contributed by atoms with Crippen molar-refractivity contribution in [2.75, 3.05) is 0 Å². The van der Waals surface area contributed by atoms with Gasteiger partial charge in [-0.1, -0.05) is 20.3 Å². The van der Waals surface area contributed by atoms with E-state index in [1.165, 1.54) is 0 Å². The number of hydrogen-bond donors (Lipinski definition) is 0. The molecule has 0 bridgehead atoms. The lowest BCUT2D eigenvalue weighted by Crippen LogP contribution is -1.29. The first-order valence-electron chi connectivity index (χ1n) is 1.21. The van der Waals surface area contributed by atoms with Crippen molar-refractivity contribution in [2.45, 2.75) is 13.3 Å². The van der Waals surface area contributed by atoms with Crippen LogP contribution in [0, 0.1) is 6.92 Å². The largest absolute Gasteiger partial charge is 0.187 e. The van der Waals surface area contributed by atoms with Crippen molar-refractivity contribution in [3.63, 3.8) is 0 Å². The highest BCUT2D eigenvalue weighted by molar-refractivity contribution is 5.75. The molecule has 0 aliphatic heterocycles. The summed E-state index contributed by atoms with van der Waals surface area (Å²) in [6, 6.07) is 0. The summed E-state index contributed by atoms with van der Waals surface area (Å²) in [4.78, 5) is 0. The molecule has 0 atom stereocenters. The van der Waals surface area contributed by atoms with Crippen molar-refractivity contribution >= 4 is 17.4 Å². The second kappa shape index (κ2) is 9.65. The molecule has 0 saturated heterocycles. The van der Waals surface area contributed by atoms with Crippen LogP contribution < -0.4 is 0 Å². The van der Waals surface area contributed by atoms with Gasteiger partial charge in [-0.05, 0) is 0 Å². The Kier molecular flexibility index (Phi) is 21.3. The molecule has 0 unspecified atom stereocenters. The van der Waals surface area contributed by atoms with Gasteiger partial charge in [0.1, 0.15) is 0 Å². The van der Waals surface area contributed by atoms with E-state index in [1.807, 2.05) is 6.92 Å². The minimum absolute atomic E-state index is 0. The van der Waals surface area contributed by atoms with Gasteiger partial charge in [-0.3, -0.25) is 0 Å². The normalized spacial score (nSPS) is 4.50. The lowest BCUT2D eigenvalue weighted by Gasteiger charge is -1.47. The molecule has 0 aromatic carbocycles. The molecule has 0 nitrogen and oxygen atoms in total. The summed E-state index contributed by atoms with van der Waals surface area (Å²) < 4.78 is 0. The average molecular weight is 73.1 g/mol. The zero-order valence-electron chi connectivity index (χ0n) is 2.41. The predicted octanol–water partition coefficient (Wildman–Crippen LogP) is 0.0466. The van der Waals surface area contributed by atoms with E-state index < -0.39 is 0 Å². The first-order chi connectivity index (χ1) is 1.41.